The van der Waals surface area contributed by atoms with E-state index in [0.29, 0.717) is 10.8 Å². The Kier molecular flexibility index (Phi) is 1.91. The van der Waals surface area contributed by atoms with Crippen LogP contribution in [0.3, 0.4) is 0 Å². The van der Waals surface area contributed by atoms with Gasteiger partial charge in [-0.1, -0.05) is 11.6 Å². The van der Waals surface area contributed by atoms with Crippen molar-refractivity contribution in [3.8, 4) is 0 Å². The molecule has 5 heteroatoms. The topological polar surface area (TPSA) is 47.3 Å². The summed E-state index contributed by atoms with van der Waals surface area (Å²) in [6.07, 6.45) is 4.02. The van der Waals surface area contributed by atoms with Crippen LogP contribution in [0, 0.1) is 0 Å². The lowest BCUT2D eigenvalue weighted by atomic mass is 10.1. The number of aromatic nitrogens is 3. The molecule has 0 radical (unpaired) electrons. The normalized spacial score (nSPS) is 11.1. The molecule has 0 aromatic carbocycles. The molecule has 3 aromatic rings. The molecule has 78 valence electrons. The highest BCUT2D eigenvalue weighted by Gasteiger charge is 2.09. The molecule has 0 aliphatic heterocycles. The first-order valence-electron chi connectivity index (χ1n) is 4.67. The zero-order valence-electron chi connectivity index (χ0n) is 8.09. The molecule has 16 heavy (non-hydrogen) atoms. The van der Waals surface area contributed by atoms with E-state index < -0.39 is 0 Å². The van der Waals surface area contributed by atoms with E-state index in [2.05, 4.69) is 10.1 Å². The first-order chi connectivity index (χ1) is 7.81. The Morgan fingerprint density at radius 2 is 2.19 bits per heavy atom. The van der Waals surface area contributed by atoms with Gasteiger partial charge in [0.1, 0.15) is 10.8 Å². The smallest absolute Gasteiger partial charge is 0.168 e. The third kappa shape index (κ3) is 1.13. The van der Waals surface area contributed by atoms with E-state index in [1.807, 2.05) is 12.1 Å². The van der Waals surface area contributed by atoms with Crippen molar-refractivity contribution in [2.75, 3.05) is 0 Å². The third-order valence-electron chi connectivity index (χ3n) is 2.50. The SMILES string of the molecule is O=Cc1cc2ccnc(Cl)c2c2ccnn12. The molecule has 3 aromatic heterocycles. The van der Waals surface area contributed by atoms with Crippen LogP contribution in [-0.4, -0.2) is 20.9 Å². The summed E-state index contributed by atoms with van der Waals surface area (Å²) >= 11 is 6.05. The van der Waals surface area contributed by atoms with E-state index in [0.717, 1.165) is 22.6 Å². The van der Waals surface area contributed by atoms with Gasteiger partial charge in [-0.2, -0.15) is 5.10 Å². The highest BCUT2D eigenvalue weighted by atomic mass is 35.5. The fraction of sp³-hybridized carbons (Fsp3) is 0. The Labute approximate surface area is 95.5 Å². The van der Waals surface area contributed by atoms with Crippen LogP contribution in [0.2, 0.25) is 5.15 Å². The number of nitrogens with zero attached hydrogens (tertiary/aromatic N) is 3. The van der Waals surface area contributed by atoms with E-state index in [4.69, 9.17) is 11.6 Å². The molecular weight excluding hydrogens is 226 g/mol. The number of pyridine rings is 2. The molecule has 0 bridgehead atoms. The van der Waals surface area contributed by atoms with E-state index in [9.17, 15) is 4.79 Å². The van der Waals surface area contributed by atoms with E-state index in [1.54, 1.807) is 23.0 Å². The lowest BCUT2D eigenvalue weighted by Crippen LogP contribution is -1.98. The maximum atomic E-state index is 10.9. The number of rotatable bonds is 1. The van der Waals surface area contributed by atoms with Gasteiger partial charge in [0.2, 0.25) is 0 Å². The van der Waals surface area contributed by atoms with Crippen molar-refractivity contribution in [1.82, 2.24) is 14.6 Å². The summed E-state index contributed by atoms with van der Waals surface area (Å²) in [5.41, 5.74) is 1.28. The number of carbonyl (C=O) groups is 1. The lowest BCUT2D eigenvalue weighted by Gasteiger charge is -2.04. The van der Waals surface area contributed by atoms with Crippen LogP contribution in [0.5, 0.6) is 0 Å². The third-order valence-corrected chi connectivity index (χ3v) is 2.79. The minimum Gasteiger partial charge on any atom is -0.296 e. The minimum atomic E-state index is 0.417. The van der Waals surface area contributed by atoms with Crippen LogP contribution in [-0.2, 0) is 0 Å². The number of hydrogen-bond acceptors (Lipinski definition) is 3. The summed E-state index contributed by atoms with van der Waals surface area (Å²) in [5, 5.41) is 6.19. The van der Waals surface area contributed by atoms with Crippen molar-refractivity contribution in [1.29, 1.82) is 0 Å². The number of fused-ring (bicyclic) bond motifs is 3. The van der Waals surface area contributed by atoms with Crippen LogP contribution in [0.15, 0.2) is 30.6 Å². The van der Waals surface area contributed by atoms with Crippen molar-refractivity contribution in [3.63, 3.8) is 0 Å². The van der Waals surface area contributed by atoms with Crippen molar-refractivity contribution >= 4 is 34.2 Å². The molecule has 0 aliphatic rings. The van der Waals surface area contributed by atoms with Crippen LogP contribution >= 0.6 is 11.6 Å². The van der Waals surface area contributed by atoms with Gasteiger partial charge in [-0.15, -0.1) is 0 Å². The molecule has 0 saturated carbocycles. The average Bonchev–Trinajstić information content (AvgIpc) is 2.76. The summed E-state index contributed by atoms with van der Waals surface area (Å²) in [5.74, 6) is 0. The molecule has 0 spiro atoms. The molecule has 3 rings (SSSR count). The van der Waals surface area contributed by atoms with Gasteiger partial charge in [0.15, 0.2) is 6.29 Å². The van der Waals surface area contributed by atoms with E-state index in [1.165, 1.54) is 0 Å². The number of halogens is 1. The van der Waals surface area contributed by atoms with Gasteiger partial charge in [0.05, 0.1) is 11.7 Å². The predicted molar refractivity (Wildman–Crippen MR) is 60.9 cm³/mol. The molecule has 0 amide bonds. The molecular formula is C11H6ClN3O. The molecule has 0 atom stereocenters. The van der Waals surface area contributed by atoms with Gasteiger partial charge in [0.25, 0.3) is 0 Å². The summed E-state index contributed by atoms with van der Waals surface area (Å²) in [6, 6.07) is 5.38. The molecule has 0 unspecified atom stereocenters. The van der Waals surface area contributed by atoms with Crippen molar-refractivity contribution in [3.05, 3.63) is 41.4 Å². The Morgan fingerprint density at radius 1 is 1.31 bits per heavy atom. The molecule has 0 fully saturated rings. The molecule has 0 saturated heterocycles. The fourth-order valence-corrected chi connectivity index (χ4v) is 2.09. The second kappa shape index (κ2) is 3.28. The zero-order chi connectivity index (χ0) is 11.1. The second-order valence-corrected chi connectivity index (χ2v) is 3.74. The number of hydrogen-bond donors (Lipinski definition) is 0. The van der Waals surface area contributed by atoms with Crippen LogP contribution in [0.1, 0.15) is 10.5 Å². The molecule has 0 aliphatic carbocycles. The van der Waals surface area contributed by atoms with Crippen molar-refractivity contribution in [2.24, 2.45) is 0 Å². The van der Waals surface area contributed by atoms with Gasteiger partial charge in [0, 0.05) is 11.6 Å². The second-order valence-electron chi connectivity index (χ2n) is 3.38. The van der Waals surface area contributed by atoms with E-state index in [-0.39, 0.29) is 0 Å². The summed E-state index contributed by atoms with van der Waals surface area (Å²) < 4.78 is 1.56. The first kappa shape index (κ1) is 9.30. The summed E-state index contributed by atoms with van der Waals surface area (Å²) in [4.78, 5) is 15.0. The Morgan fingerprint density at radius 3 is 3.00 bits per heavy atom. The molecule has 3 heterocycles. The highest BCUT2D eigenvalue weighted by molar-refractivity contribution is 6.35. The average molecular weight is 232 g/mol. The van der Waals surface area contributed by atoms with Gasteiger partial charge in [-0.3, -0.25) is 4.79 Å². The largest absolute Gasteiger partial charge is 0.296 e. The Balaban J connectivity index is 2.65. The van der Waals surface area contributed by atoms with Crippen LogP contribution in [0.4, 0.5) is 0 Å². The quantitative estimate of drug-likeness (QED) is 0.477. The standard InChI is InChI=1S/C11H6ClN3O/c12-11-10-7(1-3-13-11)5-8(6-16)15-9(10)2-4-14-15/h1-6H. The summed E-state index contributed by atoms with van der Waals surface area (Å²) in [6.45, 7) is 0. The predicted octanol–water partition coefficient (Wildman–Crippen LogP) is 2.35. The minimum absolute atomic E-state index is 0.417. The van der Waals surface area contributed by atoms with Crippen molar-refractivity contribution < 1.29 is 4.79 Å². The monoisotopic (exact) mass is 231 g/mol. The highest BCUT2D eigenvalue weighted by Crippen LogP contribution is 2.26. The maximum absolute atomic E-state index is 10.9. The van der Waals surface area contributed by atoms with Gasteiger partial charge in [-0.25, -0.2) is 9.50 Å². The van der Waals surface area contributed by atoms with Crippen molar-refractivity contribution in [2.45, 2.75) is 0 Å². The molecule has 4 nitrogen and oxygen atoms in total. The summed E-state index contributed by atoms with van der Waals surface area (Å²) in [7, 11) is 0. The van der Waals surface area contributed by atoms with Gasteiger partial charge >= 0.3 is 0 Å². The fourth-order valence-electron chi connectivity index (χ4n) is 1.83. The number of aldehydes is 1. The van der Waals surface area contributed by atoms with Gasteiger partial charge < -0.3 is 0 Å². The Bertz CT molecular complexity index is 705. The first-order valence-corrected chi connectivity index (χ1v) is 5.05. The van der Waals surface area contributed by atoms with Crippen LogP contribution in [0.25, 0.3) is 16.3 Å². The zero-order valence-corrected chi connectivity index (χ0v) is 8.85. The molecule has 0 N–H and O–H groups in total. The van der Waals surface area contributed by atoms with Crippen LogP contribution < -0.4 is 0 Å². The van der Waals surface area contributed by atoms with Gasteiger partial charge in [-0.05, 0) is 23.6 Å². The van der Waals surface area contributed by atoms with E-state index >= 15 is 0 Å². The number of carbonyl (C=O) groups excluding carboxylic acids is 1. The maximum Gasteiger partial charge on any atom is 0.168 e. The Hall–Kier alpha value is -1.94. The lowest BCUT2D eigenvalue weighted by molar-refractivity contribution is 0.111.